The summed E-state index contributed by atoms with van der Waals surface area (Å²) in [6.45, 7) is 14.5. The highest BCUT2D eigenvalue weighted by molar-refractivity contribution is 7.17. The molecule has 2 aromatic rings. The summed E-state index contributed by atoms with van der Waals surface area (Å²) in [5, 5.41) is 0.671. The highest BCUT2D eigenvalue weighted by Gasteiger charge is 2.25. The summed E-state index contributed by atoms with van der Waals surface area (Å²) in [6, 6.07) is 8.16. The number of rotatable bonds is 3. The Kier molecular flexibility index (Phi) is 9.05. The maximum Gasteiger partial charge on any atom is 0.410 e. The van der Waals surface area contributed by atoms with Crippen LogP contribution in [-0.4, -0.2) is 53.6 Å². The van der Waals surface area contributed by atoms with Crippen LogP contribution in [0.2, 0.25) is 5.02 Å². The summed E-state index contributed by atoms with van der Waals surface area (Å²) in [4.78, 5) is 30.7. The number of likely N-dealkylation sites (tertiary alicyclic amines) is 1. The molecule has 0 saturated carbocycles. The van der Waals surface area contributed by atoms with E-state index in [0.717, 1.165) is 58.8 Å². The molecule has 0 atom stereocenters. The van der Waals surface area contributed by atoms with Crippen molar-refractivity contribution in [3.05, 3.63) is 51.4 Å². The van der Waals surface area contributed by atoms with Crippen molar-refractivity contribution in [1.82, 2.24) is 9.80 Å². The van der Waals surface area contributed by atoms with E-state index in [0.29, 0.717) is 18.1 Å². The Hall–Kier alpha value is -2.31. The van der Waals surface area contributed by atoms with Crippen LogP contribution in [0.5, 0.6) is 0 Å². The number of amides is 2. The zero-order valence-electron chi connectivity index (χ0n) is 21.7. The highest BCUT2D eigenvalue weighted by atomic mass is 35.5. The van der Waals surface area contributed by atoms with Crippen LogP contribution in [0.15, 0.2) is 30.3 Å². The van der Waals surface area contributed by atoms with E-state index in [1.165, 1.54) is 16.9 Å². The maximum atomic E-state index is 12.9. The van der Waals surface area contributed by atoms with Crippen molar-refractivity contribution < 1.29 is 14.3 Å². The van der Waals surface area contributed by atoms with Gasteiger partial charge in [-0.05, 0) is 75.8 Å². The van der Waals surface area contributed by atoms with E-state index in [-0.39, 0.29) is 12.0 Å². The highest BCUT2D eigenvalue weighted by Crippen LogP contribution is 2.38. The number of thiophene rings is 1. The average molecular weight is 517 g/mol. The summed E-state index contributed by atoms with van der Waals surface area (Å²) in [5.74, 6) is 0.135. The quantitative estimate of drug-likeness (QED) is 0.420. The molecule has 1 aromatic heterocycles. The van der Waals surface area contributed by atoms with Crippen molar-refractivity contribution in [2.45, 2.75) is 66.4 Å². The Bertz CT molecular complexity index is 1090. The van der Waals surface area contributed by atoms with Gasteiger partial charge in [-0.25, -0.2) is 4.79 Å². The first-order valence-corrected chi connectivity index (χ1v) is 13.7. The molecule has 3 heterocycles. The van der Waals surface area contributed by atoms with Gasteiger partial charge >= 0.3 is 6.09 Å². The first-order valence-electron chi connectivity index (χ1n) is 12.5. The lowest BCUT2D eigenvalue weighted by Gasteiger charge is -2.29. The monoisotopic (exact) mass is 516 g/mol. The third-order valence-corrected chi connectivity index (χ3v) is 7.54. The zero-order valence-corrected chi connectivity index (χ0v) is 23.3. The Morgan fingerprint density at radius 3 is 2.29 bits per heavy atom. The summed E-state index contributed by atoms with van der Waals surface area (Å²) in [6.07, 6.45) is 4.71. The van der Waals surface area contributed by atoms with Crippen LogP contribution in [0, 0.1) is 6.92 Å². The van der Waals surface area contributed by atoms with E-state index in [2.05, 4.69) is 18.2 Å². The van der Waals surface area contributed by atoms with E-state index in [4.69, 9.17) is 16.3 Å². The summed E-state index contributed by atoms with van der Waals surface area (Å²) in [7, 11) is 0. The summed E-state index contributed by atoms with van der Waals surface area (Å²) >= 11 is 8.23. The van der Waals surface area contributed by atoms with Gasteiger partial charge in [-0.3, -0.25) is 4.79 Å². The van der Waals surface area contributed by atoms with Crippen molar-refractivity contribution in [1.29, 1.82) is 0 Å². The minimum atomic E-state index is -0.496. The van der Waals surface area contributed by atoms with Crippen molar-refractivity contribution >= 4 is 40.5 Å². The third-order valence-electron chi connectivity index (χ3n) is 5.97. The van der Waals surface area contributed by atoms with Crippen molar-refractivity contribution in [3.63, 3.8) is 0 Å². The summed E-state index contributed by atoms with van der Waals surface area (Å²) in [5.41, 5.74) is 3.69. The lowest BCUT2D eigenvalue weighted by atomic mass is 9.98. The molecule has 0 radical (unpaired) electrons. The van der Waals surface area contributed by atoms with Crippen LogP contribution in [0.25, 0.3) is 16.0 Å². The van der Waals surface area contributed by atoms with E-state index in [9.17, 15) is 9.59 Å². The van der Waals surface area contributed by atoms with Gasteiger partial charge in [0.15, 0.2) is 0 Å². The van der Waals surface area contributed by atoms with Crippen LogP contribution in [-0.2, 0) is 4.74 Å². The number of benzene rings is 1. The molecule has 190 valence electrons. The average Bonchev–Trinajstić information content (AvgIpc) is 3.49. The molecule has 2 amide bonds. The van der Waals surface area contributed by atoms with E-state index in [1.807, 2.05) is 58.6 Å². The Morgan fingerprint density at radius 1 is 1.03 bits per heavy atom. The second-order valence-corrected chi connectivity index (χ2v) is 11.2. The maximum absolute atomic E-state index is 12.9. The van der Waals surface area contributed by atoms with Crippen LogP contribution in [0.3, 0.4) is 0 Å². The fraction of sp³-hybridized carbons (Fsp3) is 0.500. The number of hydrogen-bond acceptors (Lipinski definition) is 4. The smallest absolute Gasteiger partial charge is 0.410 e. The SMILES string of the molecule is CC.Cc1cc(-c2ccc(C3=CCN(C(=O)OC(C)(C)C)CC3)cc2Cl)sc1C(=O)N1CCCC1. The van der Waals surface area contributed by atoms with Crippen molar-refractivity contribution in [2.75, 3.05) is 26.2 Å². The minimum absolute atomic E-state index is 0.135. The number of hydrogen-bond donors (Lipinski definition) is 0. The van der Waals surface area contributed by atoms with Crippen molar-refractivity contribution in [3.8, 4) is 10.4 Å². The molecule has 1 fully saturated rings. The Labute approximate surface area is 218 Å². The fourth-order valence-electron chi connectivity index (χ4n) is 4.23. The van der Waals surface area contributed by atoms with Crippen LogP contribution in [0.1, 0.15) is 74.7 Å². The third kappa shape index (κ3) is 6.68. The topological polar surface area (TPSA) is 49.9 Å². The molecule has 5 nitrogen and oxygen atoms in total. The molecule has 0 bridgehead atoms. The van der Waals surface area contributed by atoms with E-state index in [1.54, 1.807) is 4.90 Å². The fourth-order valence-corrected chi connectivity index (χ4v) is 5.75. The number of nitrogens with zero attached hydrogens (tertiary/aromatic N) is 2. The molecular weight excluding hydrogens is 480 g/mol. The summed E-state index contributed by atoms with van der Waals surface area (Å²) < 4.78 is 5.47. The molecule has 7 heteroatoms. The second-order valence-electron chi connectivity index (χ2n) is 9.72. The second kappa shape index (κ2) is 11.6. The van der Waals surface area contributed by atoms with Gasteiger partial charge in [0.1, 0.15) is 5.60 Å². The molecule has 0 spiro atoms. The van der Waals surface area contributed by atoms with Gasteiger partial charge in [-0.1, -0.05) is 43.7 Å². The van der Waals surface area contributed by atoms with Gasteiger partial charge in [-0.2, -0.15) is 0 Å². The molecule has 0 N–H and O–H groups in total. The first-order chi connectivity index (χ1) is 16.6. The van der Waals surface area contributed by atoms with Gasteiger partial charge < -0.3 is 14.5 Å². The predicted octanol–water partition coefficient (Wildman–Crippen LogP) is 7.66. The van der Waals surface area contributed by atoms with Gasteiger partial charge in [0.05, 0.1) is 4.88 Å². The molecule has 1 aromatic carbocycles. The predicted molar refractivity (Wildman–Crippen MR) is 146 cm³/mol. The molecule has 1 saturated heterocycles. The molecule has 2 aliphatic heterocycles. The molecule has 4 rings (SSSR count). The number of carbonyl (C=O) groups is 2. The molecule has 35 heavy (non-hydrogen) atoms. The molecule has 0 aliphatic carbocycles. The van der Waals surface area contributed by atoms with Gasteiger partial charge in [0.25, 0.3) is 5.91 Å². The largest absolute Gasteiger partial charge is 0.444 e. The lowest BCUT2D eigenvalue weighted by Crippen LogP contribution is -2.39. The normalized spacial score (nSPS) is 15.9. The standard InChI is InChI=1S/C26H31ClN2O3S.C2H6/c1-17-15-22(33-23(17)24(30)28-11-5-6-12-28)20-8-7-19(16-21(20)27)18-9-13-29(14-10-18)25(31)32-26(2,3)4;1-2/h7-9,15-16H,5-6,10-14H2,1-4H3;1-2H3. The van der Waals surface area contributed by atoms with E-state index >= 15 is 0 Å². The Balaban J connectivity index is 0.00000167. The van der Waals surface area contributed by atoms with Gasteiger partial charge in [0, 0.05) is 41.6 Å². The lowest BCUT2D eigenvalue weighted by molar-refractivity contribution is 0.0270. The number of ether oxygens (including phenoxy) is 1. The van der Waals surface area contributed by atoms with Gasteiger partial charge in [-0.15, -0.1) is 11.3 Å². The molecule has 0 unspecified atom stereocenters. The Morgan fingerprint density at radius 2 is 1.71 bits per heavy atom. The molecule has 2 aliphatic rings. The first kappa shape index (κ1) is 27.3. The van der Waals surface area contributed by atoms with E-state index < -0.39 is 5.60 Å². The minimum Gasteiger partial charge on any atom is -0.444 e. The van der Waals surface area contributed by atoms with Crippen molar-refractivity contribution in [2.24, 2.45) is 0 Å². The molecular formula is C28H37ClN2O3S. The number of halogens is 1. The van der Waals surface area contributed by atoms with Crippen LogP contribution >= 0.6 is 22.9 Å². The zero-order chi connectivity index (χ0) is 25.8. The van der Waals surface area contributed by atoms with Gasteiger partial charge in [0.2, 0.25) is 0 Å². The van der Waals surface area contributed by atoms with Crippen LogP contribution in [0.4, 0.5) is 4.79 Å². The number of carbonyl (C=O) groups excluding carboxylic acids is 2. The van der Waals surface area contributed by atoms with Crippen LogP contribution < -0.4 is 0 Å². The number of aryl methyl sites for hydroxylation is 1.